The van der Waals surface area contributed by atoms with Crippen LogP contribution in [0, 0.1) is 11.5 Å². The normalized spacial score (nSPS) is 21.6. The van der Waals surface area contributed by atoms with E-state index in [1.54, 1.807) is 0 Å². The molecule has 0 aliphatic carbocycles. The number of hydrogen-bond donors (Lipinski definition) is 1. The number of anilines is 1. The van der Waals surface area contributed by atoms with Crippen molar-refractivity contribution < 1.29 is 14.2 Å². The maximum atomic E-state index is 9.24. The Morgan fingerprint density at radius 2 is 1.89 bits per heavy atom. The van der Waals surface area contributed by atoms with Gasteiger partial charge in [-0.3, -0.25) is 9.88 Å². The molecule has 0 spiro atoms. The van der Waals surface area contributed by atoms with E-state index in [4.69, 9.17) is 14.2 Å². The molecule has 0 amide bonds. The zero-order valence-corrected chi connectivity index (χ0v) is 15.3. The largest absolute Gasteiger partial charge is 0.477 e. The quantitative estimate of drug-likeness (QED) is 0.559. The molecule has 7 nitrogen and oxygen atoms in total. The molecule has 140 valence electrons. The van der Waals surface area contributed by atoms with Crippen LogP contribution in [0.4, 0.5) is 5.95 Å². The third-order valence-electron chi connectivity index (χ3n) is 4.98. The first-order chi connectivity index (χ1) is 13.7. The molecule has 1 unspecified atom stereocenters. The highest BCUT2D eigenvalue weighted by Gasteiger charge is 2.43. The first-order valence-electron chi connectivity index (χ1n) is 9.07. The van der Waals surface area contributed by atoms with Crippen molar-refractivity contribution in [3.05, 3.63) is 60.2 Å². The van der Waals surface area contributed by atoms with E-state index in [-0.39, 0.29) is 0 Å². The molecule has 28 heavy (non-hydrogen) atoms. The van der Waals surface area contributed by atoms with Crippen LogP contribution in [-0.4, -0.2) is 34.7 Å². The van der Waals surface area contributed by atoms with E-state index < -0.39 is 11.9 Å². The molecule has 1 atom stereocenters. The van der Waals surface area contributed by atoms with E-state index in [0.717, 1.165) is 28.0 Å². The Morgan fingerprint density at radius 3 is 2.71 bits per heavy atom. The monoisotopic (exact) mass is 374 g/mol. The number of hydrogen-bond acceptors (Lipinski definition) is 6. The van der Waals surface area contributed by atoms with Crippen LogP contribution in [0.5, 0.6) is 5.75 Å². The Bertz CT molecular complexity index is 1120. The van der Waals surface area contributed by atoms with Gasteiger partial charge in [-0.05, 0) is 37.3 Å². The van der Waals surface area contributed by atoms with Crippen molar-refractivity contribution in [1.82, 2.24) is 9.55 Å². The van der Waals surface area contributed by atoms with E-state index >= 15 is 0 Å². The van der Waals surface area contributed by atoms with Gasteiger partial charge in [-0.2, -0.15) is 5.26 Å². The van der Waals surface area contributed by atoms with E-state index in [0.29, 0.717) is 19.2 Å². The lowest BCUT2D eigenvalue weighted by Gasteiger charge is -2.37. The molecule has 5 rings (SSSR count). The Balaban J connectivity index is 1.77. The van der Waals surface area contributed by atoms with Gasteiger partial charge in [-0.15, -0.1) is 0 Å². The molecule has 7 heteroatoms. The van der Waals surface area contributed by atoms with Crippen molar-refractivity contribution in [3.8, 4) is 11.9 Å². The molecule has 0 bridgehead atoms. The minimum atomic E-state index is -0.824. The summed E-state index contributed by atoms with van der Waals surface area (Å²) < 4.78 is 19.7. The van der Waals surface area contributed by atoms with Crippen LogP contribution >= 0.6 is 0 Å². The third-order valence-corrected chi connectivity index (χ3v) is 4.98. The van der Waals surface area contributed by atoms with Gasteiger partial charge in [0.1, 0.15) is 5.75 Å². The van der Waals surface area contributed by atoms with Gasteiger partial charge in [-0.25, -0.2) is 4.98 Å². The second-order valence-electron chi connectivity index (χ2n) is 6.88. The van der Waals surface area contributed by atoms with Gasteiger partial charge >= 0.3 is 0 Å². The average molecular weight is 374 g/mol. The molecule has 1 N–H and O–H groups in total. The maximum Gasteiger partial charge on any atom is 0.222 e. The van der Waals surface area contributed by atoms with E-state index in [1.807, 2.05) is 72.3 Å². The first-order valence-corrected chi connectivity index (χ1v) is 9.07. The molecule has 0 saturated carbocycles. The predicted molar refractivity (Wildman–Crippen MR) is 104 cm³/mol. The van der Waals surface area contributed by atoms with Gasteiger partial charge in [0, 0.05) is 5.56 Å². The summed E-state index contributed by atoms with van der Waals surface area (Å²) in [6.45, 7) is 3.00. The number of nitrogens with zero attached hydrogens (tertiary/aromatic N) is 3. The summed E-state index contributed by atoms with van der Waals surface area (Å²) in [4.78, 5) is 4.58. The summed E-state index contributed by atoms with van der Waals surface area (Å²) in [5.41, 5.74) is 2.62. The van der Waals surface area contributed by atoms with Crippen LogP contribution in [0.2, 0.25) is 0 Å². The smallest absolute Gasteiger partial charge is 0.222 e. The number of para-hydroxylation sites is 3. The molecular formula is C21H18N4O3. The summed E-state index contributed by atoms with van der Waals surface area (Å²) in [5, 5.41) is 11.9. The van der Waals surface area contributed by atoms with Crippen molar-refractivity contribution >= 4 is 22.7 Å². The molecule has 0 radical (unpaired) electrons. The molecule has 2 aliphatic heterocycles. The summed E-state index contributed by atoms with van der Waals surface area (Å²) in [7, 11) is 0. The van der Waals surface area contributed by atoms with Crippen LogP contribution in [-0.2, 0) is 9.47 Å². The molecule has 1 aromatic heterocycles. The van der Waals surface area contributed by atoms with Gasteiger partial charge in [0.05, 0.1) is 29.9 Å². The number of ether oxygens (including phenoxy) is 3. The lowest BCUT2D eigenvalue weighted by Crippen LogP contribution is -2.46. The Labute approximate surface area is 161 Å². The lowest BCUT2D eigenvalue weighted by atomic mass is 9.96. The zero-order valence-electron chi connectivity index (χ0n) is 15.3. The van der Waals surface area contributed by atoms with E-state index in [9.17, 15) is 5.26 Å². The minimum Gasteiger partial charge on any atom is -0.477 e. The fraction of sp³-hybridized carbons (Fsp3) is 0.238. The van der Waals surface area contributed by atoms with Crippen LogP contribution in [0.15, 0.2) is 54.6 Å². The second kappa shape index (κ2) is 6.37. The lowest BCUT2D eigenvalue weighted by molar-refractivity contribution is -0.139. The fourth-order valence-electron chi connectivity index (χ4n) is 3.78. The van der Waals surface area contributed by atoms with Gasteiger partial charge in [0.2, 0.25) is 12.2 Å². The first kappa shape index (κ1) is 16.8. The summed E-state index contributed by atoms with van der Waals surface area (Å²) in [6.07, 6.45) is 3.46. The molecule has 2 aromatic carbocycles. The number of fused-ring (bicyclic) bond motifs is 2. The van der Waals surface area contributed by atoms with E-state index in [1.165, 1.54) is 0 Å². The number of rotatable bonds is 3. The number of aromatic nitrogens is 2. The Hall–Kier alpha value is -3.34. The topological polar surface area (TPSA) is 81.3 Å². The average Bonchev–Trinajstić information content (AvgIpc) is 3.36. The minimum absolute atomic E-state index is 0.447. The van der Waals surface area contributed by atoms with Crippen LogP contribution in [0.25, 0.3) is 16.7 Å². The highest BCUT2D eigenvalue weighted by atomic mass is 16.7. The number of nitriles is 1. The van der Waals surface area contributed by atoms with Gasteiger partial charge < -0.3 is 14.2 Å². The Kier molecular flexibility index (Phi) is 3.83. The molecule has 1 saturated heterocycles. The van der Waals surface area contributed by atoms with Crippen molar-refractivity contribution in [2.24, 2.45) is 0 Å². The number of nitrogens with one attached hydrogen (secondary N) is 1. The van der Waals surface area contributed by atoms with Crippen molar-refractivity contribution in [1.29, 1.82) is 5.26 Å². The highest BCUT2D eigenvalue weighted by Crippen LogP contribution is 2.41. The summed E-state index contributed by atoms with van der Waals surface area (Å²) in [5.74, 6) is 1.17. The van der Waals surface area contributed by atoms with E-state index in [2.05, 4.69) is 10.3 Å². The van der Waals surface area contributed by atoms with Gasteiger partial charge in [-0.1, -0.05) is 24.3 Å². The number of imidazole rings is 1. The zero-order chi connectivity index (χ0) is 19.1. The molecule has 3 heterocycles. The SMILES string of the molecule is CC1(C2OCCO2)C=C(n2c(NC#N)nc3ccccc32)c2ccccc2O1. The summed E-state index contributed by atoms with van der Waals surface area (Å²) >= 11 is 0. The number of benzene rings is 2. The van der Waals surface area contributed by atoms with Crippen molar-refractivity contribution in [3.63, 3.8) is 0 Å². The van der Waals surface area contributed by atoms with Gasteiger partial charge in [0.25, 0.3) is 0 Å². The highest BCUT2D eigenvalue weighted by molar-refractivity contribution is 5.88. The van der Waals surface area contributed by atoms with Crippen molar-refractivity contribution in [2.45, 2.75) is 18.8 Å². The second-order valence-corrected chi connectivity index (χ2v) is 6.88. The maximum absolute atomic E-state index is 9.24. The Morgan fingerprint density at radius 1 is 1.14 bits per heavy atom. The van der Waals surface area contributed by atoms with Gasteiger partial charge in [0.15, 0.2) is 11.8 Å². The predicted octanol–water partition coefficient (Wildman–Crippen LogP) is 3.34. The standard InChI is InChI=1S/C21H18N4O3/c1-21(19-26-10-11-27-19)12-17(14-6-2-5-9-18(14)28-21)25-16-8-4-3-7-15(16)24-20(25)23-13-22/h2-9,12,19H,10-11H2,1H3,(H,23,24). The third kappa shape index (κ3) is 2.54. The molecular weight excluding hydrogens is 356 g/mol. The summed E-state index contributed by atoms with van der Waals surface area (Å²) in [6, 6.07) is 15.6. The van der Waals surface area contributed by atoms with Crippen LogP contribution in [0.1, 0.15) is 12.5 Å². The van der Waals surface area contributed by atoms with Crippen LogP contribution in [0.3, 0.4) is 0 Å². The fourth-order valence-corrected chi connectivity index (χ4v) is 3.78. The molecule has 3 aromatic rings. The molecule has 1 fully saturated rings. The molecule has 2 aliphatic rings. The van der Waals surface area contributed by atoms with Crippen LogP contribution < -0.4 is 10.1 Å². The van der Waals surface area contributed by atoms with Crippen molar-refractivity contribution in [2.75, 3.05) is 18.5 Å².